The van der Waals surface area contributed by atoms with E-state index in [2.05, 4.69) is 75.9 Å². The Labute approximate surface area is 175 Å². The normalized spacial score (nSPS) is 56.2. The van der Waals surface area contributed by atoms with E-state index in [9.17, 15) is 0 Å². The van der Waals surface area contributed by atoms with Crippen LogP contribution in [0.3, 0.4) is 0 Å². The number of allylic oxidation sites excluding steroid dienone is 3. The molecule has 1 heteroatoms. The van der Waals surface area contributed by atoms with Crippen LogP contribution < -0.4 is 0 Å². The van der Waals surface area contributed by atoms with Gasteiger partial charge >= 0.3 is 0 Å². The lowest BCUT2D eigenvalue weighted by molar-refractivity contribution is -0.143. The van der Waals surface area contributed by atoms with E-state index in [0.29, 0.717) is 25.1 Å². The zero-order valence-electron chi connectivity index (χ0n) is 17.8. The van der Waals surface area contributed by atoms with E-state index in [0.717, 1.165) is 0 Å². The van der Waals surface area contributed by atoms with Gasteiger partial charge in [0.1, 0.15) is 0 Å². The van der Waals surface area contributed by atoms with E-state index in [1.807, 2.05) is 0 Å². The van der Waals surface area contributed by atoms with Crippen LogP contribution in [0.15, 0.2) is 24.3 Å². The molecule has 0 saturated heterocycles. The number of rotatable bonds is 2. The highest BCUT2D eigenvalue weighted by atomic mass is 127. The summed E-state index contributed by atoms with van der Waals surface area (Å²) in [6.45, 7) is 17.5. The maximum absolute atomic E-state index is 4.55. The van der Waals surface area contributed by atoms with Crippen LogP contribution in [0, 0.1) is 27.1 Å². The minimum absolute atomic E-state index is 0.232. The molecule has 0 spiro atoms. The second-order valence-electron chi connectivity index (χ2n) is 11.0. The van der Waals surface area contributed by atoms with Crippen LogP contribution in [0.1, 0.15) is 98.8 Å². The van der Waals surface area contributed by atoms with Crippen molar-refractivity contribution in [2.75, 3.05) is 0 Å². The Balaban J connectivity index is 1.95. The van der Waals surface area contributed by atoms with Crippen molar-refractivity contribution in [2.45, 2.75) is 102 Å². The monoisotopic (exact) mass is 466 g/mol. The summed E-state index contributed by atoms with van der Waals surface area (Å²) in [5.41, 5.74) is 3.65. The third-order valence-electron chi connectivity index (χ3n) is 11.1. The lowest BCUT2D eigenvalue weighted by Crippen LogP contribution is -2.69. The molecule has 0 aliphatic heterocycles. The third kappa shape index (κ3) is 1.80. The summed E-state index contributed by atoms with van der Waals surface area (Å²) >= 11 is 2.97. The topological polar surface area (TPSA) is 0 Å². The maximum Gasteiger partial charge on any atom is 0.0380 e. The molecule has 146 valence electrons. The molecule has 0 aromatic rings. The van der Waals surface area contributed by atoms with Crippen LogP contribution in [0.5, 0.6) is 0 Å². The Kier molecular flexibility index (Phi) is 4.23. The van der Waals surface area contributed by atoms with Crippen LogP contribution in [0.25, 0.3) is 0 Å². The zero-order chi connectivity index (χ0) is 19.1. The van der Waals surface area contributed by atoms with Gasteiger partial charge in [0.05, 0.1) is 0 Å². The zero-order valence-corrected chi connectivity index (χ0v) is 20.0. The Bertz CT molecular complexity index is 663. The van der Waals surface area contributed by atoms with E-state index in [-0.39, 0.29) is 5.41 Å². The summed E-state index contributed by atoms with van der Waals surface area (Å²) in [6, 6.07) is 0. The molecule has 3 saturated carbocycles. The van der Waals surface area contributed by atoms with E-state index >= 15 is 0 Å². The molecule has 0 amide bonds. The fourth-order valence-electron chi connectivity index (χ4n) is 8.52. The predicted octanol–water partition coefficient (Wildman–Crippen LogP) is 8.26. The molecule has 0 bridgehead atoms. The van der Waals surface area contributed by atoms with Crippen molar-refractivity contribution in [3.63, 3.8) is 0 Å². The molecule has 0 heterocycles. The van der Waals surface area contributed by atoms with Crippen molar-refractivity contribution < 1.29 is 0 Å². The van der Waals surface area contributed by atoms with Gasteiger partial charge in [-0.25, -0.2) is 0 Å². The molecule has 0 aromatic heterocycles. The minimum atomic E-state index is 0.232. The van der Waals surface area contributed by atoms with Crippen LogP contribution in [0.2, 0.25) is 0 Å². The highest BCUT2D eigenvalue weighted by molar-refractivity contribution is 14.1. The molecule has 4 aliphatic rings. The van der Waals surface area contributed by atoms with Crippen LogP contribution >= 0.6 is 22.6 Å². The van der Waals surface area contributed by atoms with Gasteiger partial charge in [-0.1, -0.05) is 87.8 Å². The summed E-state index contributed by atoms with van der Waals surface area (Å²) in [6.07, 6.45) is 18.8. The predicted molar refractivity (Wildman–Crippen MR) is 122 cm³/mol. The van der Waals surface area contributed by atoms with Gasteiger partial charge in [0, 0.05) is 8.84 Å². The number of fused-ring (bicyclic) bond motifs is 5. The van der Waals surface area contributed by atoms with E-state index in [1.165, 1.54) is 64.2 Å². The molecular formula is C25H39I. The van der Waals surface area contributed by atoms with E-state index < -0.39 is 0 Å². The Morgan fingerprint density at radius 3 is 2.35 bits per heavy atom. The fourth-order valence-corrected chi connectivity index (χ4v) is 10.7. The number of alkyl halides is 1. The van der Waals surface area contributed by atoms with Crippen molar-refractivity contribution in [3.05, 3.63) is 24.3 Å². The minimum Gasteiger partial charge on any atom is -0.102 e. The second kappa shape index (κ2) is 5.63. The second-order valence-corrected chi connectivity index (χ2v) is 12.9. The fraction of sp³-hybridized carbons (Fsp3) is 0.840. The van der Waals surface area contributed by atoms with Gasteiger partial charge in [-0.2, -0.15) is 0 Å². The maximum atomic E-state index is 4.55. The number of halogens is 1. The van der Waals surface area contributed by atoms with Gasteiger partial charge in [0.2, 0.25) is 0 Å². The Hall–Kier alpha value is 0.210. The van der Waals surface area contributed by atoms with Crippen molar-refractivity contribution in [3.8, 4) is 0 Å². The average molecular weight is 466 g/mol. The molecular weight excluding hydrogens is 427 g/mol. The first kappa shape index (κ1) is 19.5. The van der Waals surface area contributed by atoms with Gasteiger partial charge in [0.15, 0.2) is 0 Å². The van der Waals surface area contributed by atoms with Crippen LogP contribution in [-0.2, 0) is 0 Å². The van der Waals surface area contributed by atoms with Crippen LogP contribution in [-0.4, -0.2) is 3.42 Å². The molecule has 3 fully saturated rings. The highest BCUT2D eigenvalue weighted by Gasteiger charge is 2.77. The molecule has 26 heavy (non-hydrogen) atoms. The van der Waals surface area contributed by atoms with E-state index in [1.54, 1.807) is 5.57 Å². The standard InChI is InChI=1S/C25H39I/c1-7-20(3)15-18-25(26)22(20,5)16-17-23(6)21(4)13-10-9-11-19(21)12-14-24(23,25)8-2/h8,12H,2,7,9-11,13-18H2,1,3-6H3/t20-,21-,22+,23+,24+,25-/m0/s1. The van der Waals surface area contributed by atoms with Gasteiger partial charge in [-0.05, 0) is 73.0 Å². The largest absolute Gasteiger partial charge is 0.102 e. The number of hydrogen-bond donors (Lipinski definition) is 0. The van der Waals surface area contributed by atoms with Gasteiger partial charge in [-0.3, -0.25) is 0 Å². The summed E-state index contributed by atoms with van der Waals surface area (Å²) < 4.78 is 0.333. The summed E-state index contributed by atoms with van der Waals surface area (Å²) in [5.74, 6) is 0. The summed E-state index contributed by atoms with van der Waals surface area (Å²) in [7, 11) is 0. The Morgan fingerprint density at radius 2 is 1.69 bits per heavy atom. The lowest BCUT2D eigenvalue weighted by atomic mass is 9.34. The van der Waals surface area contributed by atoms with Crippen LogP contribution in [0.4, 0.5) is 0 Å². The number of hydrogen-bond acceptors (Lipinski definition) is 0. The highest BCUT2D eigenvalue weighted by Crippen LogP contribution is 2.82. The van der Waals surface area contributed by atoms with Crippen molar-refractivity contribution in [2.24, 2.45) is 27.1 Å². The smallest absolute Gasteiger partial charge is 0.0380 e. The average Bonchev–Trinajstić information content (AvgIpc) is 2.85. The molecule has 0 nitrogen and oxygen atoms in total. The SMILES string of the molecule is C=C[C@@]12CC=C3CCCC[C@]3(C)[C@@]1(C)CC[C@]1(C)[C@@](C)(CC)CC[C@]12I. The molecule has 0 radical (unpaired) electrons. The third-order valence-corrected chi connectivity index (χ3v) is 13.8. The quantitative estimate of drug-likeness (QED) is 0.218. The molecule has 4 aliphatic carbocycles. The molecule has 0 unspecified atom stereocenters. The van der Waals surface area contributed by atoms with Gasteiger partial charge in [0.25, 0.3) is 0 Å². The van der Waals surface area contributed by atoms with Crippen molar-refractivity contribution >= 4 is 22.6 Å². The van der Waals surface area contributed by atoms with Crippen molar-refractivity contribution in [1.29, 1.82) is 0 Å². The van der Waals surface area contributed by atoms with Gasteiger partial charge < -0.3 is 0 Å². The summed E-state index contributed by atoms with van der Waals surface area (Å²) in [5, 5.41) is 0. The first-order chi connectivity index (χ1) is 12.1. The summed E-state index contributed by atoms with van der Waals surface area (Å²) in [4.78, 5) is 0. The van der Waals surface area contributed by atoms with Gasteiger partial charge in [-0.15, -0.1) is 6.58 Å². The molecule has 0 N–H and O–H groups in total. The van der Waals surface area contributed by atoms with E-state index in [4.69, 9.17) is 0 Å². The molecule has 0 aromatic carbocycles. The van der Waals surface area contributed by atoms with Crippen molar-refractivity contribution in [1.82, 2.24) is 0 Å². The first-order valence-electron chi connectivity index (χ1n) is 11.1. The lowest BCUT2D eigenvalue weighted by Gasteiger charge is -2.73. The molecule has 4 rings (SSSR count). The molecule has 6 atom stereocenters. The first-order valence-corrected chi connectivity index (χ1v) is 12.2. The Morgan fingerprint density at radius 1 is 1.00 bits per heavy atom.